The van der Waals surface area contributed by atoms with Crippen molar-refractivity contribution in [3.05, 3.63) is 35.9 Å². The summed E-state index contributed by atoms with van der Waals surface area (Å²) in [6.07, 6.45) is 1.24. The molecule has 0 saturated carbocycles. The highest BCUT2D eigenvalue weighted by atomic mass is 16.5. The molecule has 1 saturated heterocycles. The minimum atomic E-state index is -1.42. The second kappa shape index (κ2) is 11.7. The summed E-state index contributed by atoms with van der Waals surface area (Å²) >= 11 is 0. The first kappa shape index (κ1) is 20.3. The van der Waals surface area contributed by atoms with E-state index in [1.165, 1.54) is 5.56 Å². The maximum absolute atomic E-state index is 11.6. The third kappa shape index (κ3) is 8.19. The number of benzene rings is 1. The molecular formula is C18H27NO5. The van der Waals surface area contributed by atoms with Crippen molar-refractivity contribution in [1.82, 2.24) is 4.90 Å². The first-order chi connectivity index (χ1) is 11.6. The average Bonchev–Trinajstić information content (AvgIpc) is 2.61. The van der Waals surface area contributed by atoms with Crippen molar-refractivity contribution in [2.45, 2.75) is 38.6 Å². The highest BCUT2D eigenvalue weighted by Gasteiger charge is 2.24. The standard InChI is InChI=1S/C10H17NO4.C8H10O/c12-7-11-5-1-2-8(6-11)9(13)3-4-10(14)15;1-9-7-8-5-3-2-4-6-8/h7-8,10,14-15H,1-6H2;2-6H,7H2,1H3. The molecular weight excluding hydrogens is 310 g/mol. The number of likely N-dealkylation sites (tertiary alicyclic amines) is 1. The molecule has 0 radical (unpaired) electrons. The van der Waals surface area contributed by atoms with Gasteiger partial charge in [-0.25, -0.2) is 0 Å². The molecule has 1 unspecified atom stereocenters. The van der Waals surface area contributed by atoms with Crippen LogP contribution in [0.1, 0.15) is 31.2 Å². The fourth-order valence-corrected chi connectivity index (χ4v) is 2.58. The molecule has 0 spiro atoms. The van der Waals surface area contributed by atoms with Gasteiger partial charge in [-0.05, 0) is 18.4 Å². The highest BCUT2D eigenvalue weighted by molar-refractivity contribution is 5.81. The van der Waals surface area contributed by atoms with Crippen molar-refractivity contribution in [3.8, 4) is 0 Å². The Bertz CT molecular complexity index is 478. The molecule has 0 bridgehead atoms. The number of carbonyl (C=O) groups excluding carboxylic acids is 2. The zero-order valence-corrected chi connectivity index (χ0v) is 14.1. The van der Waals surface area contributed by atoms with Gasteiger partial charge in [0.2, 0.25) is 6.41 Å². The molecule has 0 aliphatic carbocycles. The van der Waals surface area contributed by atoms with Crippen molar-refractivity contribution in [2.24, 2.45) is 5.92 Å². The van der Waals surface area contributed by atoms with Crippen molar-refractivity contribution in [1.29, 1.82) is 0 Å². The van der Waals surface area contributed by atoms with Gasteiger partial charge in [-0.15, -0.1) is 0 Å². The van der Waals surface area contributed by atoms with Crippen LogP contribution in [0.4, 0.5) is 0 Å². The molecule has 1 amide bonds. The Morgan fingerprint density at radius 1 is 1.38 bits per heavy atom. The average molecular weight is 337 g/mol. The first-order valence-electron chi connectivity index (χ1n) is 8.18. The Labute approximate surface area is 143 Å². The summed E-state index contributed by atoms with van der Waals surface area (Å²) in [5.41, 5.74) is 1.22. The number of carbonyl (C=O) groups is 2. The predicted molar refractivity (Wildman–Crippen MR) is 90.0 cm³/mol. The topological polar surface area (TPSA) is 87.1 Å². The van der Waals surface area contributed by atoms with Crippen LogP contribution in [0, 0.1) is 5.92 Å². The molecule has 1 aliphatic rings. The predicted octanol–water partition coefficient (Wildman–Crippen LogP) is 1.35. The van der Waals surface area contributed by atoms with Crippen molar-refractivity contribution in [2.75, 3.05) is 20.2 Å². The van der Waals surface area contributed by atoms with Gasteiger partial charge in [0.05, 0.1) is 6.61 Å². The Kier molecular flexibility index (Phi) is 9.91. The van der Waals surface area contributed by atoms with E-state index in [4.69, 9.17) is 14.9 Å². The second-order valence-corrected chi connectivity index (χ2v) is 5.84. The number of ether oxygens (including phenoxy) is 1. The van der Waals surface area contributed by atoms with Gasteiger partial charge in [0.25, 0.3) is 0 Å². The number of methoxy groups -OCH3 is 1. The molecule has 24 heavy (non-hydrogen) atoms. The van der Waals surface area contributed by atoms with E-state index in [1.54, 1.807) is 12.0 Å². The minimum absolute atomic E-state index is 0.0228. The normalized spacial score (nSPS) is 17.2. The third-order valence-corrected chi connectivity index (χ3v) is 3.86. The van der Waals surface area contributed by atoms with Crippen molar-refractivity contribution < 1.29 is 24.5 Å². The SMILES string of the molecule is COCc1ccccc1.O=CN1CCCC(C(=O)CCC(O)O)C1. The van der Waals surface area contributed by atoms with Gasteiger partial charge >= 0.3 is 0 Å². The second-order valence-electron chi connectivity index (χ2n) is 5.84. The van der Waals surface area contributed by atoms with E-state index in [0.717, 1.165) is 25.8 Å². The third-order valence-electron chi connectivity index (χ3n) is 3.86. The lowest BCUT2D eigenvalue weighted by atomic mass is 9.92. The monoisotopic (exact) mass is 337 g/mol. The number of hydrogen-bond acceptors (Lipinski definition) is 5. The van der Waals surface area contributed by atoms with E-state index in [0.29, 0.717) is 13.2 Å². The molecule has 1 aliphatic heterocycles. The fraction of sp³-hybridized carbons (Fsp3) is 0.556. The molecule has 0 aromatic heterocycles. The van der Waals surface area contributed by atoms with Crippen molar-refractivity contribution in [3.63, 3.8) is 0 Å². The summed E-state index contributed by atoms with van der Waals surface area (Å²) < 4.78 is 4.93. The number of aliphatic hydroxyl groups excluding tert-OH is 1. The lowest BCUT2D eigenvalue weighted by Crippen LogP contribution is -2.37. The quantitative estimate of drug-likeness (QED) is 0.579. The van der Waals surface area contributed by atoms with Gasteiger partial charge in [-0.3, -0.25) is 9.59 Å². The Balaban J connectivity index is 0.000000272. The van der Waals surface area contributed by atoms with Gasteiger partial charge in [0.1, 0.15) is 5.78 Å². The lowest BCUT2D eigenvalue weighted by Gasteiger charge is -2.28. The van der Waals surface area contributed by atoms with Crippen molar-refractivity contribution >= 4 is 12.2 Å². The summed E-state index contributed by atoms with van der Waals surface area (Å²) in [5.74, 6) is -0.0997. The number of nitrogens with zero attached hydrogens (tertiary/aromatic N) is 1. The highest BCUT2D eigenvalue weighted by Crippen LogP contribution is 2.18. The van der Waals surface area contributed by atoms with Gasteiger partial charge in [-0.2, -0.15) is 0 Å². The van der Waals surface area contributed by atoms with Crippen LogP contribution in [-0.4, -0.2) is 53.8 Å². The zero-order chi connectivity index (χ0) is 17.8. The Morgan fingerprint density at radius 2 is 2.08 bits per heavy atom. The van der Waals surface area contributed by atoms with Crippen LogP contribution >= 0.6 is 0 Å². The van der Waals surface area contributed by atoms with Crippen LogP contribution in [0.3, 0.4) is 0 Å². The summed E-state index contributed by atoms with van der Waals surface area (Å²) in [6.45, 7) is 1.90. The van der Waals surface area contributed by atoms with E-state index < -0.39 is 6.29 Å². The Hall–Kier alpha value is -1.76. The van der Waals surface area contributed by atoms with Gasteiger partial charge in [0, 0.05) is 39.0 Å². The van der Waals surface area contributed by atoms with E-state index in [9.17, 15) is 9.59 Å². The fourth-order valence-electron chi connectivity index (χ4n) is 2.58. The van der Waals surface area contributed by atoms with Gasteiger partial charge < -0.3 is 19.8 Å². The number of amides is 1. The molecule has 1 heterocycles. The lowest BCUT2D eigenvalue weighted by molar-refractivity contribution is -0.129. The molecule has 1 aromatic rings. The smallest absolute Gasteiger partial charge is 0.209 e. The number of ketones is 1. The molecule has 2 N–H and O–H groups in total. The van der Waals surface area contributed by atoms with E-state index in [-0.39, 0.29) is 24.5 Å². The summed E-state index contributed by atoms with van der Waals surface area (Å²) in [5, 5.41) is 17.3. The van der Waals surface area contributed by atoms with Crippen LogP contribution in [0.5, 0.6) is 0 Å². The molecule has 2 rings (SSSR count). The molecule has 1 atom stereocenters. The van der Waals surface area contributed by atoms with E-state index in [1.807, 2.05) is 30.3 Å². The maximum atomic E-state index is 11.6. The summed E-state index contributed by atoms with van der Waals surface area (Å²) in [4.78, 5) is 23.7. The van der Waals surface area contributed by atoms with Crippen LogP contribution in [0.15, 0.2) is 30.3 Å². The van der Waals surface area contributed by atoms with Crippen LogP contribution < -0.4 is 0 Å². The molecule has 6 heteroatoms. The summed E-state index contributed by atoms with van der Waals surface area (Å²) in [6, 6.07) is 10.1. The minimum Gasteiger partial charge on any atom is -0.380 e. The number of aliphatic hydroxyl groups is 2. The largest absolute Gasteiger partial charge is 0.380 e. The maximum Gasteiger partial charge on any atom is 0.209 e. The Morgan fingerprint density at radius 3 is 2.67 bits per heavy atom. The van der Waals surface area contributed by atoms with Crippen LogP contribution in [-0.2, 0) is 20.9 Å². The van der Waals surface area contributed by atoms with Gasteiger partial charge in [-0.1, -0.05) is 30.3 Å². The molecule has 134 valence electrons. The number of piperidine rings is 1. The summed E-state index contributed by atoms with van der Waals surface area (Å²) in [7, 11) is 1.70. The number of hydrogen-bond donors (Lipinski definition) is 2. The van der Waals surface area contributed by atoms with Crippen LogP contribution in [0.2, 0.25) is 0 Å². The number of Topliss-reactive ketones (excluding diaryl/α,β-unsaturated/α-hetero) is 1. The molecule has 6 nitrogen and oxygen atoms in total. The van der Waals surface area contributed by atoms with E-state index >= 15 is 0 Å². The van der Waals surface area contributed by atoms with E-state index in [2.05, 4.69) is 0 Å². The first-order valence-corrected chi connectivity index (χ1v) is 8.18. The molecule has 1 aromatic carbocycles. The van der Waals surface area contributed by atoms with Crippen LogP contribution in [0.25, 0.3) is 0 Å². The zero-order valence-electron chi connectivity index (χ0n) is 14.1. The molecule has 1 fully saturated rings. The van der Waals surface area contributed by atoms with Gasteiger partial charge in [0.15, 0.2) is 6.29 Å². The number of rotatable bonds is 7.